The van der Waals surface area contributed by atoms with Crippen molar-refractivity contribution in [2.75, 3.05) is 0 Å². The van der Waals surface area contributed by atoms with Gasteiger partial charge in [-0.05, 0) is 81.0 Å². The van der Waals surface area contributed by atoms with Gasteiger partial charge in [0.2, 0.25) is 0 Å². The lowest BCUT2D eigenvalue weighted by Gasteiger charge is -2.57. The molecule has 4 aliphatic carbocycles. The SMILES string of the molecule is C#C[C@]1(OC(C)=O)CC[C@H]2[C@@H]3CCC4CCCC[C@@H]4[C@H]3CC[C@@]21CC. The number of esters is 1. The van der Waals surface area contributed by atoms with Crippen LogP contribution < -0.4 is 0 Å². The maximum atomic E-state index is 11.8. The van der Waals surface area contributed by atoms with Crippen LogP contribution in [0.25, 0.3) is 0 Å². The van der Waals surface area contributed by atoms with Gasteiger partial charge in [0.15, 0.2) is 5.60 Å². The second-order valence-corrected chi connectivity index (χ2v) is 9.37. The number of terminal acetylenes is 1. The fourth-order valence-corrected chi connectivity index (χ4v) is 8.01. The van der Waals surface area contributed by atoms with E-state index in [0.717, 1.165) is 49.4 Å². The maximum absolute atomic E-state index is 11.8. The van der Waals surface area contributed by atoms with E-state index in [1.165, 1.54) is 51.9 Å². The van der Waals surface area contributed by atoms with Crippen LogP contribution in [0.15, 0.2) is 0 Å². The van der Waals surface area contributed by atoms with Gasteiger partial charge in [-0.1, -0.05) is 32.1 Å². The predicted octanol–water partition coefficient (Wildman–Crippen LogP) is 5.35. The largest absolute Gasteiger partial charge is 0.445 e. The third kappa shape index (κ3) is 2.41. The molecule has 4 aliphatic rings. The third-order valence-corrected chi connectivity index (χ3v) is 8.88. The highest BCUT2D eigenvalue weighted by Gasteiger charge is 2.65. The molecule has 25 heavy (non-hydrogen) atoms. The van der Waals surface area contributed by atoms with Gasteiger partial charge < -0.3 is 4.74 Å². The zero-order valence-corrected chi connectivity index (χ0v) is 16.1. The Hall–Kier alpha value is -0.970. The third-order valence-electron chi connectivity index (χ3n) is 8.88. The first-order valence-corrected chi connectivity index (χ1v) is 10.7. The molecular formula is C23H34O2. The summed E-state index contributed by atoms with van der Waals surface area (Å²) in [6, 6.07) is 0. The summed E-state index contributed by atoms with van der Waals surface area (Å²) in [5.74, 6) is 7.16. The minimum absolute atomic E-state index is 0.0239. The molecule has 0 aromatic heterocycles. The van der Waals surface area contributed by atoms with E-state index in [4.69, 9.17) is 11.2 Å². The molecule has 7 atom stereocenters. The normalized spacial score (nSPS) is 48.6. The number of hydrogen-bond donors (Lipinski definition) is 0. The Morgan fingerprint density at radius 2 is 1.84 bits per heavy atom. The molecule has 0 aliphatic heterocycles. The lowest BCUT2D eigenvalue weighted by Crippen LogP contribution is -2.55. The van der Waals surface area contributed by atoms with Crippen molar-refractivity contribution in [1.82, 2.24) is 0 Å². The Balaban J connectivity index is 1.65. The van der Waals surface area contributed by atoms with Crippen molar-refractivity contribution in [2.24, 2.45) is 35.0 Å². The fourth-order valence-electron chi connectivity index (χ4n) is 8.01. The van der Waals surface area contributed by atoms with Crippen molar-refractivity contribution in [2.45, 2.75) is 90.1 Å². The van der Waals surface area contributed by atoms with E-state index in [0.29, 0.717) is 5.92 Å². The molecule has 0 bridgehead atoms. The Morgan fingerprint density at radius 3 is 2.56 bits per heavy atom. The van der Waals surface area contributed by atoms with Crippen molar-refractivity contribution >= 4 is 5.97 Å². The standard InChI is InChI=1S/C23H34O2/c1-4-22-14-12-19-18-9-7-6-8-17(18)10-11-20(19)21(22)13-15-23(22,5-2)25-16(3)24/h2,17-21H,4,6-15H2,1,3H3/t17?,18-,19+,20+,21-,22-,23-/m0/s1. The van der Waals surface area contributed by atoms with Crippen LogP contribution in [-0.2, 0) is 9.53 Å². The number of ether oxygens (including phenoxy) is 1. The van der Waals surface area contributed by atoms with Crippen LogP contribution in [-0.4, -0.2) is 11.6 Å². The molecule has 1 unspecified atom stereocenters. The summed E-state index contributed by atoms with van der Waals surface area (Å²) >= 11 is 0. The summed E-state index contributed by atoms with van der Waals surface area (Å²) < 4.78 is 5.92. The smallest absolute Gasteiger partial charge is 0.304 e. The Labute approximate surface area is 153 Å². The van der Waals surface area contributed by atoms with Crippen LogP contribution in [0, 0.1) is 47.3 Å². The summed E-state index contributed by atoms with van der Waals surface area (Å²) in [5, 5.41) is 0. The summed E-state index contributed by atoms with van der Waals surface area (Å²) in [5.41, 5.74) is -0.622. The number of rotatable bonds is 2. The van der Waals surface area contributed by atoms with Gasteiger partial charge in [-0.3, -0.25) is 4.79 Å². The van der Waals surface area contributed by atoms with E-state index < -0.39 is 5.60 Å². The van der Waals surface area contributed by atoms with Gasteiger partial charge in [-0.25, -0.2) is 0 Å². The molecule has 0 spiro atoms. The molecule has 4 saturated carbocycles. The first-order valence-electron chi connectivity index (χ1n) is 10.7. The Kier molecular flexibility index (Phi) is 4.41. The van der Waals surface area contributed by atoms with Gasteiger partial charge in [0.1, 0.15) is 0 Å². The van der Waals surface area contributed by atoms with Gasteiger partial charge in [-0.2, -0.15) is 0 Å². The van der Waals surface area contributed by atoms with Crippen molar-refractivity contribution in [3.8, 4) is 12.3 Å². The van der Waals surface area contributed by atoms with E-state index in [9.17, 15) is 4.79 Å². The lowest BCUT2D eigenvalue weighted by molar-refractivity contribution is -0.172. The first kappa shape index (κ1) is 17.4. The highest BCUT2D eigenvalue weighted by Crippen LogP contribution is 2.67. The van der Waals surface area contributed by atoms with E-state index in [1.54, 1.807) is 0 Å². The molecule has 0 amide bonds. The summed E-state index contributed by atoms with van der Waals surface area (Å²) in [6.45, 7) is 3.80. The topological polar surface area (TPSA) is 26.3 Å². The number of hydrogen-bond acceptors (Lipinski definition) is 2. The molecule has 0 aromatic carbocycles. The second kappa shape index (κ2) is 6.33. The van der Waals surface area contributed by atoms with E-state index in [2.05, 4.69) is 12.8 Å². The van der Waals surface area contributed by atoms with Crippen LogP contribution in [0.4, 0.5) is 0 Å². The molecule has 138 valence electrons. The molecule has 0 aromatic rings. The van der Waals surface area contributed by atoms with Crippen molar-refractivity contribution in [3.05, 3.63) is 0 Å². The molecular weight excluding hydrogens is 308 g/mol. The van der Waals surface area contributed by atoms with Gasteiger partial charge in [0.05, 0.1) is 0 Å². The first-order chi connectivity index (χ1) is 12.1. The van der Waals surface area contributed by atoms with Crippen LogP contribution in [0.3, 0.4) is 0 Å². The monoisotopic (exact) mass is 342 g/mol. The molecule has 2 nitrogen and oxygen atoms in total. The van der Waals surface area contributed by atoms with E-state index >= 15 is 0 Å². The second-order valence-electron chi connectivity index (χ2n) is 9.37. The van der Waals surface area contributed by atoms with Gasteiger partial charge in [0, 0.05) is 12.3 Å². The van der Waals surface area contributed by atoms with Crippen molar-refractivity contribution in [3.63, 3.8) is 0 Å². The molecule has 0 saturated heterocycles. The quantitative estimate of drug-likeness (QED) is 0.499. The van der Waals surface area contributed by atoms with E-state index in [-0.39, 0.29) is 11.4 Å². The number of fused-ring (bicyclic) bond motifs is 5. The maximum Gasteiger partial charge on any atom is 0.304 e. The van der Waals surface area contributed by atoms with Crippen LogP contribution in [0.5, 0.6) is 0 Å². The predicted molar refractivity (Wildman–Crippen MR) is 99.7 cm³/mol. The number of carbonyl (C=O) groups is 1. The Bertz CT molecular complexity index is 575. The lowest BCUT2D eigenvalue weighted by atomic mass is 9.48. The molecule has 4 fully saturated rings. The molecule has 2 heteroatoms. The average molecular weight is 343 g/mol. The van der Waals surface area contributed by atoms with Gasteiger partial charge in [-0.15, -0.1) is 6.42 Å². The highest BCUT2D eigenvalue weighted by molar-refractivity contribution is 5.67. The minimum Gasteiger partial charge on any atom is -0.445 e. The zero-order valence-electron chi connectivity index (χ0n) is 16.1. The van der Waals surface area contributed by atoms with Gasteiger partial charge in [0.25, 0.3) is 0 Å². The van der Waals surface area contributed by atoms with Gasteiger partial charge >= 0.3 is 5.97 Å². The van der Waals surface area contributed by atoms with Crippen LogP contribution in [0.2, 0.25) is 0 Å². The zero-order chi connectivity index (χ0) is 17.7. The molecule has 4 rings (SSSR count). The fraction of sp³-hybridized carbons (Fsp3) is 0.870. The summed E-state index contributed by atoms with van der Waals surface area (Å²) in [4.78, 5) is 11.8. The number of carbonyl (C=O) groups excluding carboxylic acids is 1. The molecule has 0 radical (unpaired) electrons. The molecule has 0 heterocycles. The van der Waals surface area contributed by atoms with Crippen LogP contribution >= 0.6 is 0 Å². The van der Waals surface area contributed by atoms with E-state index in [1.807, 2.05) is 0 Å². The summed E-state index contributed by atoms with van der Waals surface area (Å²) in [6.07, 6.45) is 20.2. The average Bonchev–Trinajstić information content (AvgIpc) is 2.96. The minimum atomic E-state index is -0.646. The van der Waals surface area contributed by atoms with Crippen molar-refractivity contribution < 1.29 is 9.53 Å². The van der Waals surface area contributed by atoms with Crippen LogP contribution in [0.1, 0.15) is 84.5 Å². The Morgan fingerprint density at radius 1 is 1.04 bits per heavy atom. The van der Waals surface area contributed by atoms with Crippen molar-refractivity contribution in [1.29, 1.82) is 0 Å². The highest BCUT2D eigenvalue weighted by atomic mass is 16.6. The molecule has 0 N–H and O–H groups in total. The summed E-state index contributed by atoms with van der Waals surface area (Å²) in [7, 11) is 0.